The van der Waals surface area contributed by atoms with Crippen LogP contribution in [0.15, 0.2) is 23.1 Å². The number of carbonyl (C=O) groups is 1. The van der Waals surface area contributed by atoms with Crippen molar-refractivity contribution in [3.63, 3.8) is 0 Å². The number of rotatable bonds is 4. The summed E-state index contributed by atoms with van der Waals surface area (Å²) in [6.45, 7) is 0. The Morgan fingerprint density at radius 1 is 1.38 bits per heavy atom. The molecule has 0 saturated heterocycles. The molecule has 0 aliphatic heterocycles. The van der Waals surface area contributed by atoms with Crippen LogP contribution in [0.5, 0.6) is 0 Å². The molecular weight excluding hydrogens is 337 g/mol. The molecule has 1 aromatic carbocycles. The summed E-state index contributed by atoms with van der Waals surface area (Å²) in [6.07, 6.45) is 2.69. The van der Waals surface area contributed by atoms with E-state index in [0.29, 0.717) is 0 Å². The molecule has 1 aliphatic rings. The second-order valence-electron chi connectivity index (χ2n) is 4.87. The lowest BCUT2D eigenvalue weighted by molar-refractivity contribution is 0.0722. The van der Waals surface area contributed by atoms with Crippen molar-refractivity contribution in [3.8, 4) is 0 Å². The van der Waals surface area contributed by atoms with Gasteiger partial charge < -0.3 is 10.1 Å². The van der Waals surface area contributed by atoms with Gasteiger partial charge in [0.15, 0.2) is 0 Å². The number of methoxy groups -OCH3 is 1. The van der Waals surface area contributed by atoms with Gasteiger partial charge in [-0.05, 0) is 37.5 Å². The van der Waals surface area contributed by atoms with Gasteiger partial charge >= 0.3 is 0 Å². The maximum Gasteiger partial charge on any atom is 0.262 e. The minimum Gasteiger partial charge on any atom is -0.379 e. The summed E-state index contributed by atoms with van der Waals surface area (Å²) in [5.74, 6) is -0.373. The molecule has 2 rings (SSSR count). The third-order valence-electron chi connectivity index (χ3n) is 3.53. The molecule has 0 radical (unpaired) electrons. The SMILES string of the molecule is COC1CCCC1NC(=O)c1ccc(Cl)c(S(=O)(=O)Cl)c1. The van der Waals surface area contributed by atoms with Gasteiger partial charge in [-0.15, -0.1) is 0 Å². The molecule has 0 spiro atoms. The molecule has 1 N–H and O–H groups in total. The highest BCUT2D eigenvalue weighted by atomic mass is 35.7. The summed E-state index contributed by atoms with van der Waals surface area (Å²) in [4.78, 5) is 11.9. The zero-order valence-corrected chi connectivity index (χ0v) is 13.6. The first-order valence-corrected chi connectivity index (χ1v) is 9.09. The number of ether oxygens (including phenoxy) is 1. The van der Waals surface area contributed by atoms with Gasteiger partial charge in [-0.3, -0.25) is 4.79 Å². The van der Waals surface area contributed by atoms with E-state index in [1.807, 2.05) is 0 Å². The number of halogens is 2. The average molecular weight is 352 g/mol. The Bertz CT molecular complexity index is 648. The van der Waals surface area contributed by atoms with E-state index in [4.69, 9.17) is 27.0 Å². The van der Waals surface area contributed by atoms with E-state index < -0.39 is 9.05 Å². The van der Waals surface area contributed by atoms with Crippen molar-refractivity contribution in [2.24, 2.45) is 0 Å². The van der Waals surface area contributed by atoms with E-state index in [1.54, 1.807) is 7.11 Å². The lowest BCUT2D eigenvalue weighted by atomic mass is 10.1. The molecule has 1 aromatic rings. The topological polar surface area (TPSA) is 72.5 Å². The van der Waals surface area contributed by atoms with Crippen LogP contribution in [0.25, 0.3) is 0 Å². The summed E-state index contributed by atoms with van der Waals surface area (Å²) in [6, 6.07) is 3.90. The van der Waals surface area contributed by atoms with Crippen LogP contribution in [0.1, 0.15) is 29.6 Å². The molecule has 5 nitrogen and oxygen atoms in total. The fraction of sp³-hybridized carbons (Fsp3) is 0.462. The number of carbonyl (C=O) groups excluding carboxylic acids is 1. The molecule has 2 atom stereocenters. The van der Waals surface area contributed by atoms with Crippen molar-refractivity contribution < 1.29 is 17.9 Å². The van der Waals surface area contributed by atoms with Crippen LogP contribution in [0.2, 0.25) is 5.02 Å². The van der Waals surface area contributed by atoms with Crippen molar-refractivity contribution in [1.29, 1.82) is 0 Å². The standard InChI is InChI=1S/C13H15Cl2NO4S/c1-20-11-4-2-3-10(11)16-13(17)8-5-6-9(14)12(7-8)21(15,18)19/h5-7,10-11H,2-4H2,1H3,(H,16,17). The molecule has 21 heavy (non-hydrogen) atoms. The van der Waals surface area contributed by atoms with E-state index in [1.165, 1.54) is 18.2 Å². The molecule has 0 bridgehead atoms. The molecule has 2 unspecified atom stereocenters. The fourth-order valence-electron chi connectivity index (χ4n) is 2.46. The van der Waals surface area contributed by atoms with Crippen molar-refractivity contribution in [1.82, 2.24) is 5.32 Å². The second-order valence-corrected chi connectivity index (χ2v) is 7.81. The van der Waals surface area contributed by atoms with Crippen molar-refractivity contribution >= 4 is 37.2 Å². The molecule has 0 aromatic heterocycles. The summed E-state index contributed by atoms with van der Waals surface area (Å²) >= 11 is 5.79. The highest BCUT2D eigenvalue weighted by Crippen LogP contribution is 2.26. The van der Waals surface area contributed by atoms with E-state index in [-0.39, 0.29) is 33.5 Å². The summed E-state index contributed by atoms with van der Waals surface area (Å²) in [5, 5.41) is 2.83. The third-order valence-corrected chi connectivity index (χ3v) is 5.33. The Morgan fingerprint density at radius 2 is 2.10 bits per heavy atom. The summed E-state index contributed by atoms with van der Waals surface area (Å²) < 4.78 is 28.1. The molecule has 1 fully saturated rings. The number of nitrogens with one attached hydrogen (secondary N) is 1. The Balaban J connectivity index is 2.20. The molecule has 1 aliphatic carbocycles. The zero-order valence-electron chi connectivity index (χ0n) is 11.3. The van der Waals surface area contributed by atoms with Crippen LogP contribution in [-0.4, -0.2) is 33.6 Å². The Labute approximate surface area is 133 Å². The van der Waals surface area contributed by atoms with Crippen LogP contribution < -0.4 is 5.32 Å². The van der Waals surface area contributed by atoms with Crippen LogP contribution in [0.4, 0.5) is 0 Å². The second kappa shape index (κ2) is 6.52. The first-order valence-electron chi connectivity index (χ1n) is 6.41. The molecule has 1 amide bonds. The lowest BCUT2D eigenvalue weighted by Crippen LogP contribution is -2.40. The van der Waals surface area contributed by atoms with Crippen molar-refractivity contribution in [2.75, 3.05) is 7.11 Å². The monoisotopic (exact) mass is 351 g/mol. The highest BCUT2D eigenvalue weighted by molar-refractivity contribution is 8.13. The van der Waals surface area contributed by atoms with E-state index in [9.17, 15) is 13.2 Å². The Morgan fingerprint density at radius 3 is 2.71 bits per heavy atom. The minimum absolute atomic E-state index is 0.0162. The maximum absolute atomic E-state index is 12.2. The normalized spacial score (nSPS) is 22.2. The predicted octanol–water partition coefficient (Wildman–Crippen LogP) is 2.56. The predicted molar refractivity (Wildman–Crippen MR) is 80.4 cm³/mol. The Hall–Kier alpha value is -0.820. The average Bonchev–Trinajstić information content (AvgIpc) is 2.85. The van der Waals surface area contributed by atoms with Crippen LogP contribution in [0, 0.1) is 0 Å². The van der Waals surface area contributed by atoms with Crippen LogP contribution in [-0.2, 0) is 13.8 Å². The van der Waals surface area contributed by atoms with Gasteiger partial charge in [-0.1, -0.05) is 11.6 Å². The Kier molecular flexibility index (Phi) is 5.14. The van der Waals surface area contributed by atoms with Crippen LogP contribution in [0.3, 0.4) is 0 Å². The van der Waals surface area contributed by atoms with Gasteiger partial charge in [0.2, 0.25) is 0 Å². The van der Waals surface area contributed by atoms with E-state index >= 15 is 0 Å². The van der Waals surface area contributed by atoms with Gasteiger partial charge in [0.1, 0.15) is 4.90 Å². The number of hydrogen-bond donors (Lipinski definition) is 1. The van der Waals surface area contributed by atoms with Gasteiger partial charge in [0.25, 0.3) is 15.0 Å². The van der Waals surface area contributed by atoms with E-state index in [2.05, 4.69) is 5.32 Å². The third kappa shape index (κ3) is 3.88. The zero-order chi connectivity index (χ0) is 15.6. The van der Waals surface area contributed by atoms with Crippen LogP contribution >= 0.6 is 22.3 Å². The lowest BCUT2D eigenvalue weighted by Gasteiger charge is -2.19. The van der Waals surface area contributed by atoms with Gasteiger partial charge in [-0.2, -0.15) is 0 Å². The molecular formula is C13H15Cl2NO4S. The number of amides is 1. The van der Waals surface area contributed by atoms with Crippen molar-refractivity contribution in [2.45, 2.75) is 36.3 Å². The summed E-state index contributed by atoms with van der Waals surface area (Å²) in [5.41, 5.74) is 0.195. The smallest absolute Gasteiger partial charge is 0.262 e. The number of hydrogen-bond acceptors (Lipinski definition) is 4. The largest absolute Gasteiger partial charge is 0.379 e. The summed E-state index contributed by atoms with van der Waals surface area (Å²) in [7, 11) is 2.90. The van der Waals surface area contributed by atoms with Gasteiger partial charge in [-0.25, -0.2) is 8.42 Å². The number of benzene rings is 1. The minimum atomic E-state index is -4.00. The van der Waals surface area contributed by atoms with E-state index in [0.717, 1.165) is 19.3 Å². The molecule has 1 saturated carbocycles. The highest BCUT2D eigenvalue weighted by Gasteiger charge is 2.29. The molecule has 0 heterocycles. The quantitative estimate of drug-likeness (QED) is 0.846. The fourth-order valence-corrected chi connectivity index (χ4v) is 3.95. The molecule has 116 valence electrons. The van der Waals surface area contributed by atoms with Gasteiger partial charge in [0.05, 0.1) is 17.2 Å². The van der Waals surface area contributed by atoms with Crippen molar-refractivity contribution in [3.05, 3.63) is 28.8 Å². The van der Waals surface area contributed by atoms with Gasteiger partial charge in [0, 0.05) is 23.4 Å². The first-order chi connectivity index (χ1) is 9.82. The maximum atomic E-state index is 12.2. The molecule has 8 heteroatoms. The first kappa shape index (κ1) is 16.5.